The van der Waals surface area contributed by atoms with E-state index in [0.29, 0.717) is 5.92 Å². The Bertz CT molecular complexity index is 273. The van der Waals surface area contributed by atoms with Gasteiger partial charge in [0.25, 0.3) is 0 Å². The Hall–Kier alpha value is -0.0800. The molecule has 2 saturated carbocycles. The summed E-state index contributed by atoms with van der Waals surface area (Å²) in [5, 5.41) is 11.1. The summed E-state index contributed by atoms with van der Waals surface area (Å²) in [7, 11) is 0. The molecule has 3 rings (SSSR count). The van der Waals surface area contributed by atoms with Crippen LogP contribution in [0.25, 0.3) is 0 Å². The summed E-state index contributed by atoms with van der Waals surface area (Å²) in [6, 6.07) is 0. The Morgan fingerprint density at radius 2 is 1.37 bits per heavy atom. The Morgan fingerprint density at radius 3 is 2.00 bits per heavy atom. The van der Waals surface area contributed by atoms with Gasteiger partial charge < -0.3 is 5.11 Å². The summed E-state index contributed by atoms with van der Waals surface area (Å²) in [5.41, 5.74) is 0.169. The average molecular weight is 265 g/mol. The molecule has 1 N–H and O–H groups in total. The van der Waals surface area contributed by atoms with Gasteiger partial charge in [-0.25, -0.2) is 0 Å². The predicted molar refractivity (Wildman–Crippen MR) is 79.2 cm³/mol. The van der Waals surface area contributed by atoms with Crippen molar-refractivity contribution in [2.45, 2.75) is 88.7 Å². The number of hydrogen-bond donors (Lipinski definition) is 1. The van der Waals surface area contributed by atoms with Gasteiger partial charge in [0.1, 0.15) is 0 Å². The minimum Gasteiger partial charge on any atom is -0.391 e. The maximum absolute atomic E-state index is 11.1. The quantitative estimate of drug-likeness (QED) is 0.840. The van der Waals surface area contributed by atoms with Crippen molar-refractivity contribution in [3.05, 3.63) is 0 Å². The number of nitrogens with zero attached hydrogens (tertiary/aromatic N) is 1. The summed E-state index contributed by atoms with van der Waals surface area (Å²) < 4.78 is 0. The Balaban J connectivity index is 1.74. The molecule has 0 aromatic rings. The molecule has 0 aromatic heterocycles. The van der Waals surface area contributed by atoms with Crippen molar-refractivity contribution >= 4 is 0 Å². The SMILES string of the molecule is OC(C1CCCCC1)C1(N2CCCCC2)CCCC1. The first-order valence-electron chi connectivity index (χ1n) is 8.76. The van der Waals surface area contributed by atoms with Gasteiger partial charge in [-0.2, -0.15) is 0 Å². The molecule has 0 aromatic carbocycles. The van der Waals surface area contributed by atoms with Crippen LogP contribution in [0.1, 0.15) is 77.0 Å². The third kappa shape index (κ3) is 2.71. The Kier molecular flexibility index (Phi) is 4.48. The van der Waals surface area contributed by atoms with E-state index in [9.17, 15) is 5.11 Å². The molecule has 0 bridgehead atoms. The Labute approximate surface area is 118 Å². The van der Waals surface area contributed by atoms with Crippen LogP contribution in [-0.2, 0) is 0 Å². The van der Waals surface area contributed by atoms with E-state index in [1.165, 1.54) is 90.1 Å². The molecule has 1 saturated heterocycles. The fourth-order valence-electron chi connectivity index (χ4n) is 5.01. The third-order valence-electron chi connectivity index (χ3n) is 6.10. The van der Waals surface area contributed by atoms with Crippen molar-refractivity contribution in [2.75, 3.05) is 13.1 Å². The number of rotatable bonds is 3. The lowest BCUT2D eigenvalue weighted by molar-refractivity contribution is -0.0732. The van der Waals surface area contributed by atoms with E-state index in [-0.39, 0.29) is 11.6 Å². The topological polar surface area (TPSA) is 23.5 Å². The molecular weight excluding hydrogens is 234 g/mol. The number of aliphatic hydroxyl groups excluding tert-OH is 1. The van der Waals surface area contributed by atoms with Crippen molar-refractivity contribution in [3.8, 4) is 0 Å². The number of hydrogen-bond acceptors (Lipinski definition) is 2. The summed E-state index contributed by atoms with van der Waals surface area (Å²) in [4.78, 5) is 2.70. The van der Waals surface area contributed by atoms with Crippen LogP contribution in [0.4, 0.5) is 0 Å². The van der Waals surface area contributed by atoms with Gasteiger partial charge in [-0.1, -0.05) is 38.5 Å². The second-order valence-corrected chi connectivity index (χ2v) is 7.20. The summed E-state index contributed by atoms with van der Waals surface area (Å²) >= 11 is 0. The van der Waals surface area contributed by atoms with Crippen LogP contribution in [0.2, 0.25) is 0 Å². The fourth-order valence-corrected chi connectivity index (χ4v) is 5.01. The lowest BCUT2D eigenvalue weighted by atomic mass is 9.74. The van der Waals surface area contributed by atoms with Crippen LogP contribution in [0.15, 0.2) is 0 Å². The van der Waals surface area contributed by atoms with Gasteiger partial charge in [-0.15, -0.1) is 0 Å². The van der Waals surface area contributed by atoms with Crippen molar-refractivity contribution in [1.82, 2.24) is 4.90 Å². The van der Waals surface area contributed by atoms with E-state index in [2.05, 4.69) is 4.90 Å². The van der Waals surface area contributed by atoms with Gasteiger partial charge in [-0.3, -0.25) is 4.90 Å². The van der Waals surface area contributed by atoms with Crippen molar-refractivity contribution in [1.29, 1.82) is 0 Å². The zero-order valence-electron chi connectivity index (χ0n) is 12.4. The first-order valence-corrected chi connectivity index (χ1v) is 8.76. The number of likely N-dealkylation sites (tertiary alicyclic amines) is 1. The first kappa shape index (κ1) is 13.9. The molecule has 19 heavy (non-hydrogen) atoms. The van der Waals surface area contributed by atoms with Gasteiger partial charge in [0.15, 0.2) is 0 Å². The minimum absolute atomic E-state index is 0.0478. The van der Waals surface area contributed by atoms with Gasteiger partial charge in [0, 0.05) is 5.54 Å². The summed E-state index contributed by atoms with van der Waals surface area (Å²) in [6.07, 6.45) is 15.8. The van der Waals surface area contributed by atoms with Crippen LogP contribution in [-0.4, -0.2) is 34.7 Å². The molecule has 1 aliphatic heterocycles. The smallest absolute Gasteiger partial charge is 0.0751 e. The molecule has 1 atom stereocenters. The van der Waals surface area contributed by atoms with Gasteiger partial charge in [-0.05, 0) is 57.5 Å². The molecular formula is C17H31NO. The number of aliphatic hydroxyl groups is 1. The van der Waals surface area contributed by atoms with Crippen LogP contribution < -0.4 is 0 Å². The highest BCUT2D eigenvalue weighted by Crippen LogP contribution is 2.44. The van der Waals surface area contributed by atoms with Crippen molar-refractivity contribution in [3.63, 3.8) is 0 Å². The second kappa shape index (κ2) is 6.13. The molecule has 2 aliphatic carbocycles. The minimum atomic E-state index is -0.0478. The van der Waals surface area contributed by atoms with E-state index >= 15 is 0 Å². The zero-order chi connectivity index (χ0) is 13.1. The lowest BCUT2D eigenvalue weighted by Crippen LogP contribution is -2.58. The van der Waals surface area contributed by atoms with Crippen molar-refractivity contribution in [2.24, 2.45) is 5.92 Å². The summed E-state index contributed by atoms with van der Waals surface area (Å²) in [6.45, 7) is 2.48. The van der Waals surface area contributed by atoms with Crippen LogP contribution in [0, 0.1) is 5.92 Å². The second-order valence-electron chi connectivity index (χ2n) is 7.20. The molecule has 0 radical (unpaired) electrons. The van der Waals surface area contributed by atoms with Crippen LogP contribution in [0.5, 0.6) is 0 Å². The average Bonchev–Trinajstić information content (AvgIpc) is 2.99. The van der Waals surface area contributed by atoms with E-state index in [1.54, 1.807) is 0 Å². The van der Waals surface area contributed by atoms with Crippen LogP contribution >= 0.6 is 0 Å². The maximum Gasteiger partial charge on any atom is 0.0751 e. The molecule has 0 spiro atoms. The molecule has 1 unspecified atom stereocenters. The van der Waals surface area contributed by atoms with Crippen LogP contribution in [0.3, 0.4) is 0 Å². The lowest BCUT2D eigenvalue weighted by Gasteiger charge is -2.49. The largest absolute Gasteiger partial charge is 0.391 e. The van der Waals surface area contributed by atoms with E-state index in [4.69, 9.17) is 0 Å². The number of piperidine rings is 1. The van der Waals surface area contributed by atoms with Crippen molar-refractivity contribution < 1.29 is 5.11 Å². The fraction of sp³-hybridized carbons (Fsp3) is 1.00. The molecule has 1 heterocycles. The molecule has 3 aliphatic rings. The third-order valence-corrected chi connectivity index (χ3v) is 6.10. The normalized spacial score (nSPS) is 31.4. The predicted octanol–water partition coefficient (Wildman–Crippen LogP) is 3.73. The van der Waals surface area contributed by atoms with Gasteiger partial charge in [0.2, 0.25) is 0 Å². The van der Waals surface area contributed by atoms with E-state index < -0.39 is 0 Å². The zero-order valence-corrected chi connectivity index (χ0v) is 12.4. The molecule has 0 amide bonds. The standard InChI is InChI=1S/C17H31NO/c19-16(15-9-3-1-4-10-15)17(11-5-6-12-17)18-13-7-2-8-14-18/h15-16,19H,1-14H2. The van der Waals surface area contributed by atoms with E-state index in [0.717, 1.165) is 0 Å². The summed E-state index contributed by atoms with van der Waals surface area (Å²) in [5.74, 6) is 0.591. The Morgan fingerprint density at radius 1 is 0.789 bits per heavy atom. The van der Waals surface area contributed by atoms with Gasteiger partial charge in [0.05, 0.1) is 6.10 Å². The highest BCUT2D eigenvalue weighted by atomic mass is 16.3. The van der Waals surface area contributed by atoms with E-state index in [1.807, 2.05) is 0 Å². The van der Waals surface area contributed by atoms with Gasteiger partial charge >= 0.3 is 0 Å². The first-order chi connectivity index (χ1) is 9.33. The highest BCUT2D eigenvalue weighted by Gasteiger charge is 2.48. The maximum atomic E-state index is 11.1. The monoisotopic (exact) mass is 265 g/mol. The highest BCUT2D eigenvalue weighted by molar-refractivity contribution is 5.03. The molecule has 2 nitrogen and oxygen atoms in total. The molecule has 3 fully saturated rings. The molecule has 110 valence electrons. The molecule has 2 heteroatoms.